The van der Waals surface area contributed by atoms with E-state index in [0.717, 1.165) is 24.1 Å². The van der Waals surface area contributed by atoms with E-state index < -0.39 is 35.8 Å². The van der Waals surface area contributed by atoms with Gasteiger partial charge in [-0.2, -0.15) is 0 Å². The summed E-state index contributed by atoms with van der Waals surface area (Å²) in [7, 11) is 0. The summed E-state index contributed by atoms with van der Waals surface area (Å²) in [4.78, 5) is 56.7. The summed E-state index contributed by atoms with van der Waals surface area (Å²) in [6.07, 6.45) is 5.84. The fraction of sp³-hybridized carbons (Fsp3) is 0.273. The number of rotatable bonds is 8. The van der Waals surface area contributed by atoms with E-state index in [1.165, 1.54) is 11.8 Å². The van der Waals surface area contributed by atoms with Crippen LogP contribution in [0, 0.1) is 11.8 Å². The Balaban J connectivity index is 1.36. The topological polar surface area (TPSA) is 93.2 Å². The van der Waals surface area contributed by atoms with Crippen LogP contribution in [-0.4, -0.2) is 42.3 Å². The Morgan fingerprint density at radius 2 is 1.54 bits per heavy atom. The lowest BCUT2D eigenvalue weighted by molar-refractivity contribution is -0.132. The van der Waals surface area contributed by atoms with E-state index in [-0.39, 0.29) is 11.7 Å². The van der Waals surface area contributed by atoms with Crippen LogP contribution in [-0.2, 0) is 14.4 Å². The van der Waals surface area contributed by atoms with Crippen molar-refractivity contribution >= 4 is 41.0 Å². The summed E-state index contributed by atoms with van der Waals surface area (Å²) in [5.41, 5.74) is 2.55. The number of hydrogen-bond donors (Lipinski definition) is 0. The first-order valence-electron chi connectivity index (χ1n) is 13.9. The van der Waals surface area contributed by atoms with Crippen LogP contribution in [0.4, 0.5) is 11.4 Å². The number of para-hydroxylation sites is 1. The van der Waals surface area contributed by atoms with Crippen LogP contribution >= 0.6 is 0 Å². The summed E-state index contributed by atoms with van der Waals surface area (Å²) in [6, 6.07) is 19.6. The van der Waals surface area contributed by atoms with Gasteiger partial charge in [0.25, 0.3) is 0 Å². The SMILES string of the molecule is CCCCOc1ccc(N2C(=O)[C@@H]3[C@@H](C2=O)[C@@H](C(=O)c2ccc(OC(C)=O)cc2)N2c4ccccc4C=C[C@H]32)cc1. The molecule has 0 saturated carbocycles. The number of carbonyl (C=O) groups is 4. The Morgan fingerprint density at radius 1 is 0.854 bits per heavy atom. The molecule has 0 aliphatic carbocycles. The third-order valence-electron chi connectivity index (χ3n) is 7.95. The molecule has 6 rings (SSSR count). The van der Waals surface area contributed by atoms with Gasteiger partial charge in [0.1, 0.15) is 17.5 Å². The fourth-order valence-corrected chi connectivity index (χ4v) is 6.12. The molecule has 208 valence electrons. The molecule has 3 aromatic carbocycles. The molecule has 0 aromatic heterocycles. The van der Waals surface area contributed by atoms with Gasteiger partial charge < -0.3 is 14.4 Å². The van der Waals surface area contributed by atoms with Gasteiger partial charge in [0, 0.05) is 18.2 Å². The normalized spacial score (nSPS) is 22.3. The molecule has 0 N–H and O–H groups in total. The number of ketones is 1. The van der Waals surface area contributed by atoms with Crippen molar-refractivity contribution in [3.05, 3.63) is 90.0 Å². The van der Waals surface area contributed by atoms with Crippen molar-refractivity contribution in [2.45, 2.75) is 38.8 Å². The second kappa shape index (κ2) is 10.7. The Kier molecular flexibility index (Phi) is 6.91. The monoisotopic (exact) mass is 550 g/mol. The maximum absolute atomic E-state index is 14.2. The fourth-order valence-electron chi connectivity index (χ4n) is 6.12. The number of esters is 1. The molecule has 3 aromatic rings. The number of imide groups is 1. The van der Waals surface area contributed by atoms with Crippen LogP contribution < -0.4 is 19.3 Å². The Morgan fingerprint density at radius 3 is 2.24 bits per heavy atom. The van der Waals surface area contributed by atoms with E-state index in [9.17, 15) is 19.2 Å². The van der Waals surface area contributed by atoms with Crippen molar-refractivity contribution in [2.24, 2.45) is 11.8 Å². The van der Waals surface area contributed by atoms with Crippen molar-refractivity contribution in [1.82, 2.24) is 0 Å². The van der Waals surface area contributed by atoms with E-state index in [0.29, 0.717) is 29.4 Å². The number of Topliss-reactive ketones (excluding diaryl/α,β-unsaturated/α-hetero) is 1. The van der Waals surface area contributed by atoms with E-state index in [4.69, 9.17) is 9.47 Å². The maximum Gasteiger partial charge on any atom is 0.308 e. The number of benzene rings is 3. The average molecular weight is 551 g/mol. The van der Waals surface area contributed by atoms with Gasteiger partial charge in [0.15, 0.2) is 5.78 Å². The smallest absolute Gasteiger partial charge is 0.308 e. The van der Waals surface area contributed by atoms with Gasteiger partial charge in [0.2, 0.25) is 11.8 Å². The maximum atomic E-state index is 14.2. The second-order valence-electron chi connectivity index (χ2n) is 10.5. The highest BCUT2D eigenvalue weighted by Crippen LogP contribution is 2.50. The quantitative estimate of drug-likeness (QED) is 0.127. The van der Waals surface area contributed by atoms with Gasteiger partial charge in [-0.15, -0.1) is 0 Å². The van der Waals surface area contributed by atoms with E-state index in [1.807, 2.05) is 41.3 Å². The summed E-state index contributed by atoms with van der Waals surface area (Å²) >= 11 is 0. The number of unbranched alkanes of at least 4 members (excludes halogenated alkanes) is 1. The Hall–Kier alpha value is -4.72. The second-order valence-corrected chi connectivity index (χ2v) is 10.5. The van der Waals surface area contributed by atoms with Crippen molar-refractivity contribution in [3.63, 3.8) is 0 Å². The molecule has 2 fully saturated rings. The molecule has 3 aliphatic heterocycles. The lowest BCUT2D eigenvalue weighted by Crippen LogP contribution is -2.48. The van der Waals surface area contributed by atoms with Gasteiger partial charge in [-0.3, -0.25) is 19.2 Å². The molecule has 0 unspecified atom stereocenters. The largest absolute Gasteiger partial charge is 0.494 e. The number of amides is 2. The van der Waals surface area contributed by atoms with Gasteiger partial charge in [-0.05, 0) is 66.6 Å². The van der Waals surface area contributed by atoms with Gasteiger partial charge in [-0.25, -0.2) is 4.90 Å². The van der Waals surface area contributed by atoms with Gasteiger partial charge in [0.05, 0.1) is 30.2 Å². The molecule has 41 heavy (non-hydrogen) atoms. The van der Waals surface area contributed by atoms with E-state index in [2.05, 4.69) is 6.92 Å². The molecule has 3 heterocycles. The number of carbonyl (C=O) groups excluding carboxylic acids is 4. The molecule has 0 spiro atoms. The lowest BCUT2D eigenvalue weighted by atomic mass is 9.86. The minimum atomic E-state index is -0.895. The zero-order valence-corrected chi connectivity index (χ0v) is 22.9. The summed E-state index contributed by atoms with van der Waals surface area (Å²) in [5.74, 6) is -2.05. The summed E-state index contributed by atoms with van der Waals surface area (Å²) in [5, 5.41) is 0. The highest BCUT2D eigenvalue weighted by molar-refractivity contribution is 6.25. The lowest BCUT2D eigenvalue weighted by Gasteiger charge is -2.36. The molecule has 0 bridgehead atoms. The molecule has 8 nitrogen and oxygen atoms in total. The first-order valence-corrected chi connectivity index (χ1v) is 13.9. The van der Waals surface area contributed by atoms with Gasteiger partial charge >= 0.3 is 5.97 Å². The molecule has 0 radical (unpaired) electrons. The molecule has 4 atom stereocenters. The van der Waals surface area contributed by atoms with Crippen LogP contribution in [0.5, 0.6) is 11.5 Å². The van der Waals surface area contributed by atoms with Crippen molar-refractivity contribution < 1.29 is 28.7 Å². The minimum Gasteiger partial charge on any atom is -0.494 e. The number of ether oxygens (including phenoxy) is 2. The number of hydrogen-bond acceptors (Lipinski definition) is 7. The Labute approximate surface area is 238 Å². The van der Waals surface area contributed by atoms with Gasteiger partial charge in [-0.1, -0.05) is 43.7 Å². The van der Waals surface area contributed by atoms with Crippen LogP contribution in [0.3, 0.4) is 0 Å². The van der Waals surface area contributed by atoms with Crippen LogP contribution in [0.2, 0.25) is 0 Å². The zero-order valence-electron chi connectivity index (χ0n) is 22.9. The standard InChI is InChI=1S/C33H30N2O6/c1-3-4-19-40-24-16-12-23(13-17-24)34-32(38)28-27-18-11-21-7-5-6-8-26(21)35(27)30(29(28)33(34)39)31(37)22-9-14-25(15-10-22)41-20(2)36/h5-18,27-30H,3-4,19H2,1-2H3/t27-,28+,29-,30+/m1/s1. The molecule has 2 saturated heterocycles. The molecule has 2 amide bonds. The minimum absolute atomic E-state index is 0.273. The molecular formula is C33H30N2O6. The van der Waals surface area contributed by atoms with Crippen molar-refractivity contribution in [3.8, 4) is 11.5 Å². The Bertz CT molecular complexity index is 1540. The number of anilines is 2. The van der Waals surface area contributed by atoms with Crippen LogP contribution in [0.15, 0.2) is 78.9 Å². The van der Waals surface area contributed by atoms with E-state index >= 15 is 0 Å². The highest BCUT2D eigenvalue weighted by atomic mass is 16.5. The zero-order chi connectivity index (χ0) is 28.7. The van der Waals surface area contributed by atoms with Crippen molar-refractivity contribution in [1.29, 1.82) is 0 Å². The van der Waals surface area contributed by atoms with Crippen LogP contribution in [0.1, 0.15) is 42.6 Å². The molecule has 8 heteroatoms. The predicted molar refractivity (Wildman–Crippen MR) is 154 cm³/mol. The third kappa shape index (κ3) is 4.59. The number of nitrogens with zero attached hydrogens (tertiary/aromatic N) is 2. The highest BCUT2D eigenvalue weighted by Gasteiger charge is 2.64. The van der Waals surface area contributed by atoms with E-state index in [1.54, 1.807) is 48.5 Å². The summed E-state index contributed by atoms with van der Waals surface area (Å²) in [6.45, 7) is 3.99. The third-order valence-corrected chi connectivity index (χ3v) is 7.95. The molecule has 3 aliphatic rings. The number of fused-ring (bicyclic) bond motifs is 5. The van der Waals surface area contributed by atoms with Crippen LogP contribution in [0.25, 0.3) is 6.08 Å². The summed E-state index contributed by atoms with van der Waals surface area (Å²) < 4.78 is 10.9. The van der Waals surface area contributed by atoms with Crippen molar-refractivity contribution in [2.75, 3.05) is 16.4 Å². The molecular weight excluding hydrogens is 520 g/mol. The average Bonchev–Trinajstić information content (AvgIpc) is 3.46. The predicted octanol–water partition coefficient (Wildman–Crippen LogP) is 5.06. The first-order chi connectivity index (χ1) is 19.9. The first kappa shape index (κ1) is 26.5.